The highest BCUT2D eigenvalue weighted by Crippen LogP contribution is 2.18. The highest BCUT2D eigenvalue weighted by Gasteiger charge is 2.13. The molecule has 0 aliphatic rings. The Balaban J connectivity index is 2.79. The van der Waals surface area contributed by atoms with E-state index < -0.39 is 10.0 Å². The molecule has 1 aromatic carbocycles. The summed E-state index contributed by atoms with van der Waals surface area (Å²) >= 11 is 5.54. The number of hydrogen-bond acceptors (Lipinski definition) is 3. The lowest BCUT2D eigenvalue weighted by atomic mass is 10.1. The maximum Gasteiger partial charge on any atom is 0.251 e. The molecule has 0 saturated carbocycles. The number of carbonyl (C=O) groups excluding carboxylic acids is 1. The summed E-state index contributed by atoms with van der Waals surface area (Å²) in [7, 11) is -3.38. The van der Waals surface area contributed by atoms with Gasteiger partial charge < -0.3 is 5.32 Å². The van der Waals surface area contributed by atoms with Gasteiger partial charge in [0.15, 0.2) is 0 Å². The van der Waals surface area contributed by atoms with Gasteiger partial charge in [-0.25, -0.2) is 8.42 Å². The highest BCUT2D eigenvalue weighted by atomic mass is 35.5. The van der Waals surface area contributed by atoms with Gasteiger partial charge in [0, 0.05) is 18.0 Å². The third-order valence-corrected chi connectivity index (χ3v) is 4.51. The molecule has 0 aliphatic heterocycles. The monoisotopic (exact) mass is 332 g/mol. The van der Waals surface area contributed by atoms with Gasteiger partial charge in [0.2, 0.25) is 10.0 Å². The van der Waals surface area contributed by atoms with E-state index in [1.165, 1.54) is 0 Å². The molecule has 0 aliphatic carbocycles. The van der Waals surface area contributed by atoms with Crippen LogP contribution in [0.25, 0.3) is 0 Å². The zero-order valence-corrected chi connectivity index (χ0v) is 13.9. The van der Waals surface area contributed by atoms with E-state index in [-0.39, 0.29) is 11.7 Å². The molecule has 5 nitrogen and oxygen atoms in total. The second-order valence-corrected chi connectivity index (χ2v) is 6.93. The van der Waals surface area contributed by atoms with Crippen LogP contribution < -0.4 is 10.0 Å². The zero-order chi connectivity index (χ0) is 15.9. The van der Waals surface area contributed by atoms with Gasteiger partial charge in [0.1, 0.15) is 0 Å². The van der Waals surface area contributed by atoms with Crippen LogP contribution in [0.2, 0.25) is 0 Å². The van der Waals surface area contributed by atoms with Crippen LogP contribution in [0.3, 0.4) is 0 Å². The van der Waals surface area contributed by atoms with Crippen molar-refractivity contribution in [3.8, 4) is 0 Å². The average Bonchev–Trinajstić information content (AvgIpc) is 2.41. The summed E-state index contributed by atoms with van der Waals surface area (Å²) in [6.07, 6.45) is 1.19. The molecule has 0 heterocycles. The Kier molecular flexibility index (Phi) is 6.98. The molecule has 1 amide bonds. The lowest BCUT2D eigenvalue weighted by Gasteiger charge is -2.11. The van der Waals surface area contributed by atoms with Gasteiger partial charge in [-0.2, -0.15) is 0 Å². The standard InChI is InChI=1S/C14H21ClN2O3S/c1-3-16-14(18)12-6-7-13(11(2)10-12)17-21(19,20)9-5-4-8-15/h6-7,10,17H,3-5,8-9H2,1-2H3,(H,16,18). The number of hydrogen-bond donors (Lipinski definition) is 2. The maximum absolute atomic E-state index is 11.9. The third-order valence-electron chi connectivity index (χ3n) is 2.89. The van der Waals surface area contributed by atoms with Crippen molar-refractivity contribution in [3.05, 3.63) is 29.3 Å². The minimum Gasteiger partial charge on any atom is -0.352 e. The Bertz CT molecular complexity index is 588. The number of anilines is 1. The van der Waals surface area contributed by atoms with E-state index in [2.05, 4.69) is 10.0 Å². The van der Waals surface area contributed by atoms with Crippen molar-refractivity contribution < 1.29 is 13.2 Å². The first-order valence-corrected chi connectivity index (χ1v) is 9.03. The Labute approximate surface area is 131 Å². The van der Waals surface area contributed by atoms with Gasteiger partial charge in [-0.05, 0) is 50.5 Å². The molecule has 2 N–H and O–H groups in total. The first kappa shape index (κ1) is 17.8. The third kappa shape index (κ3) is 5.93. The van der Waals surface area contributed by atoms with Crippen LogP contribution in [0.1, 0.15) is 35.7 Å². The van der Waals surface area contributed by atoms with Crippen molar-refractivity contribution in [1.82, 2.24) is 5.32 Å². The maximum atomic E-state index is 11.9. The molecular formula is C14H21ClN2O3S. The summed E-state index contributed by atoms with van der Waals surface area (Å²) in [4.78, 5) is 11.7. The summed E-state index contributed by atoms with van der Waals surface area (Å²) in [5.41, 5.74) is 1.72. The molecule has 1 aromatic rings. The summed E-state index contributed by atoms with van der Waals surface area (Å²) in [5, 5.41) is 2.70. The van der Waals surface area contributed by atoms with Gasteiger partial charge >= 0.3 is 0 Å². The Morgan fingerprint density at radius 1 is 1.29 bits per heavy atom. The molecule has 118 valence electrons. The molecule has 0 radical (unpaired) electrons. The lowest BCUT2D eigenvalue weighted by molar-refractivity contribution is 0.0956. The number of alkyl halides is 1. The number of benzene rings is 1. The summed E-state index contributed by atoms with van der Waals surface area (Å²) in [5.74, 6) is 0.324. The van der Waals surface area contributed by atoms with Crippen LogP contribution in [0.5, 0.6) is 0 Å². The molecule has 21 heavy (non-hydrogen) atoms. The minimum atomic E-state index is -3.38. The van der Waals surface area contributed by atoms with Gasteiger partial charge in [-0.15, -0.1) is 11.6 Å². The van der Waals surface area contributed by atoms with Crippen LogP contribution >= 0.6 is 11.6 Å². The van der Waals surface area contributed by atoms with Crippen molar-refractivity contribution in [3.63, 3.8) is 0 Å². The van der Waals surface area contributed by atoms with Crippen molar-refractivity contribution in [1.29, 1.82) is 0 Å². The molecule has 0 fully saturated rings. The van der Waals surface area contributed by atoms with Gasteiger partial charge in [-0.3, -0.25) is 9.52 Å². The fourth-order valence-corrected chi connectivity index (χ4v) is 3.23. The largest absolute Gasteiger partial charge is 0.352 e. The first-order valence-electron chi connectivity index (χ1n) is 6.85. The predicted molar refractivity (Wildman–Crippen MR) is 86.5 cm³/mol. The smallest absolute Gasteiger partial charge is 0.251 e. The van der Waals surface area contributed by atoms with Crippen molar-refractivity contribution in [2.45, 2.75) is 26.7 Å². The van der Waals surface area contributed by atoms with Crippen LogP contribution in [-0.2, 0) is 10.0 Å². The van der Waals surface area contributed by atoms with E-state index in [4.69, 9.17) is 11.6 Å². The molecule has 0 saturated heterocycles. The molecule has 7 heteroatoms. The number of carbonyl (C=O) groups is 1. The Morgan fingerprint density at radius 2 is 2.00 bits per heavy atom. The Morgan fingerprint density at radius 3 is 2.57 bits per heavy atom. The van der Waals surface area contributed by atoms with E-state index in [1.54, 1.807) is 25.1 Å². The summed E-state index contributed by atoms with van der Waals surface area (Å²) in [6, 6.07) is 4.88. The molecule has 0 unspecified atom stereocenters. The fraction of sp³-hybridized carbons (Fsp3) is 0.500. The van der Waals surface area contributed by atoms with E-state index in [0.717, 1.165) is 0 Å². The van der Waals surface area contributed by atoms with Crippen LogP contribution in [0.15, 0.2) is 18.2 Å². The van der Waals surface area contributed by atoms with Gasteiger partial charge in [-0.1, -0.05) is 0 Å². The number of unbranched alkanes of at least 4 members (excludes halogenated alkanes) is 1. The summed E-state index contributed by atoms with van der Waals surface area (Å²) < 4.78 is 26.4. The number of amides is 1. The molecule has 0 atom stereocenters. The van der Waals surface area contributed by atoms with E-state index in [1.807, 2.05) is 6.92 Å². The second-order valence-electron chi connectivity index (χ2n) is 4.71. The number of rotatable bonds is 8. The number of nitrogens with one attached hydrogen (secondary N) is 2. The Hall–Kier alpha value is -1.27. The van der Waals surface area contributed by atoms with Crippen LogP contribution in [-0.4, -0.2) is 32.5 Å². The molecule has 0 aromatic heterocycles. The van der Waals surface area contributed by atoms with Gasteiger partial charge in [0.25, 0.3) is 5.91 Å². The van der Waals surface area contributed by atoms with Crippen LogP contribution in [0.4, 0.5) is 5.69 Å². The van der Waals surface area contributed by atoms with E-state index in [9.17, 15) is 13.2 Å². The molecular weight excluding hydrogens is 312 g/mol. The normalized spacial score (nSPS) is 11.2. The zero-order valence-electron chi connectivity index (χ0n) is 12.3. The quantitative estimate of drug-likeness (QED) is 0.567. The minimum absolute atomic E-state index is 0.0389. The number of halogens is 1. The first-order chi connectivity index (χ1) is 9.89. The van der Waals surface area contributed by atoms with Crippen molar-refractivity contribution in [2.75, 3.05) is 22.9 Å². The average molecular weight is 333 g/mol. The summed E-state index contributed by atoms with van der Waals surface area (Å²) in [6.45, 7) is 4.15. The highest BCUT2D eigenvalue weighted by molar-refractivity contribution is 7.92. The molecule has 0 spiro atoms. The van der Waals surface area contributed by atoms with Crippen LogP contribution in [0, 0.1) is 6.92 Å². The van der Waals surface area contributed by atoms with E-state index >= 15 is 0 Å². The molecule has 1 rings (SSSR count). The number of sulfonamides is 1. The van der Waals surface area contributed by atoms with Gasteiger partial charge in [0.05, 0.1) is 11.4 Å². The lowest BCUT2D eigenvalue weighted by Crippen LogP contribution is -2.23. The van der Waals surface area contributed by atoms with E-state index in [0.29, 0.717) is 42.1 Å². The SMILES string of the molecule is CCNC(=O)c1ccc(NS(=O)(=O)CCCCCl)c(C)c1. The second kappa shape index (κ2) is 8.24. The topological polar surface area (TPSA) is 75.3 Å². The molecule has 0 bridgehead atoms. The fourth-order valence-electron chi connectivity index (χ4n) is 1.79. The van der Waals surface area contributed by atoms with Crippen molar-refractivity contribution in [2.24, 2.45) is 0 Å². The predicted octanol–water partition coefficient (Wildman–Crippen LogP) is 2.51. The number of aryl methyl sites for hydroxylation is 1. The van der Waals surface area contributed by atoms with Crippen molar-refractivity contribution >= 4 is 33.2 Å².